The van der Waals surface area contributed by atoms with Crippen LogP contribution in [0.5, 0.6) is 0 Å². The minimum atomic E-state index is 0.478. The normalized spacial score (nSPS) is 11.3. The van der Waals surface area contributed by atoms with Crippen LogP contribution in [-0.2, 0) is 0 Å². The fraction of sp³-hybridized carbons (Fsp3) is 0. The number of para-hydroxylation sites is 6. The molecule has 19 rings (SSSR count). The van der Waals surface area contributed by atoms with E-state index in [1.165, 1.54) is 59.9 Å². The van der Waals surface area contributed by atoms with Crippen molar-refractivity contribution in [1.82, 2.24) is 29.4 Å². The van der Waals surface area contributed by atoms with Crippen LogP contribution in [0.15, 0.2) is 385 Å². The highest BCUT2D eigenvalue weighted by Crippen LogP contribution is 2.42. The predicted octanol–water partition coefficient (Wildman–Crippen LogP) is 24.4. The van der Waals surface area contributed by atoms with E-state index in [-0.39, 0.29) is 0 Å². The van der Waals surface area contributed by atoms with E-state index in [1.807, 2.05) is 72.8 Å². The van der Waals surface area contributed by atoms with E-state index in [4.69, 9.17) is 19.0 Å². The minimum Gasteiger partial charge on any atom is -0.334 e. The maximum Gasteiger partial charge on any atom is 0.258 e. The number of hydrogen-bond donors (Lipinski definition) is 0. The van der Waals surface area contributed by atoms with E-state index in [1.54, 1.807) is 0 Å². The molecule has 0 radical (unpaired) electrons. The molecule has 10 heteroatoms. The molecule has 482 valence electrons. The molecular weight excluding hydrogens is 1250 g/mol. The first-order valence-electron chi connectivity index (χ1n) is 34.1. The molecule has 0 amide bonds. The Morgan fingerprint density at radius 3 is 1.00 bits per heavy atom. The van der Waals surface area contributed by atoms with Gasteiger partial charge in [0.25, 0.3) is 11.8 Å². The average Bonchev–Trinajstić information content (AvgIpc) is 1.60. The molecule has 0 fully saturated rings. The zero-order valence-corrected chi connectivity index (χ0v) is 55.2. The standard InChI is InChI=1S/C48H32N4O.C44H30N4O/c1-2-13-37(14-3-1)51(39-29-31-40(32-30-39)52-45-19-8-6-16-43(45)44-17-7-9-20-46(44)52)38-27-25-36(26-28-38)48-49-47(50-53-48)35-23-21-34(22-24-35)42-18-10-12-33-11-4-5-15-41(33)42;1-3-13-31(14-4-1)37-17-7-8-20-40(37)43-45-44(49-46-43)32-23-25-34(26-24-32)47(33-15-5-2-6-16-33)35-27-29-36(30-28-35)48-41-21-11-9-18-38(41)39-19-10-12-22-42(39)48/h1-32H;1-30H. The Morgan fingerprint density at radius 2 is 0.529 bits per heavy atom. The summed E-state index contributed by atoms with van der Waals surface area (Å²) in [6.45, 7) is 0. The van der Waals surface area contributed by atoms with E-state index in [9.17, 15) is 0 Å². The highest BCUT2D eigenvalue weighted by molar-refractivity contribution is 6.10. The van der Waals surface area contributed by atoms with Crippen molar-refractivity contribution in [3.8, 4) is 79.3 Å². The van der Waals surface area contributed by atoms with Crippen molar-refractivity contribution in [3.05, 3.63) is 376 Å². The number of nitrogens with zero attached hydrogens (tertiary/aromatic N) is 8. The molecule has 0 saturated heterocycles. The van der Waals surface area contributed by atoms with E-state index in [0.29, 0.717) is 23.4 Å². The lowest BCUT2D eigenvalue weighted by Crippen LogP contribution is -2.10. The summed E-state index contributed by atoms with van der Waals surface area (Å²) >= 11 is 0. The summed E-state index contributed by atoms with van der Waals surface area (Å²) in [5.41, 5.74) is 21.4. The number of aromatic nitrogens is 6. The van der Waals surface area contributed by atoms with Crippen LogP contribution >= 0.6 is 0 Å². The molecule has 4 heterocycles. The number of benzene rings is 15. The zero-order chi connectivity index (χ0) is 67.7. The summed E-state index contributed by atoms with van der Waals surface area (Å²) in [6, 6.07) is 131. The fourth-order valence-corrected chi connectivity index (χ4v) is 14.2. The van der Waals surface area contributed by atoms with E-state index in [0.717, 1.165) is 84.4 Å². The number of hydrogen-bond acceptors (Lipinski definition) is 8. The summed E-state index contributed by atoms with van der Waals surface area (Å²) in [6.07, 6.45) is 0. The summed E-state index contributed by atoms with van der Waals surface area (Å²) in [5, 5.41) is 16.2. The molecule has 0 unspecified atom stereocenters. The quantitative estimate of drug-likeness (QED) is 0.106. The van der Waals surface area contributed by atoms with Gasteiger partial charge >= 0.3 is 0 Å². The molecule has 0 aliphatic rings. The van der Waals surface area contributed by atoms with Gasteiger partial charge in [-0.05, 0) is 179 Å². The SMILES string of the molecule is c1ccc(-c2ccccc2-c2noc(-c3ccc(N(c4ccccc4)c4ccc(-n5c6ccccc6c6ccccc65)cc4)cc3)n2)cc1.c1ccc(N(c2ccc(-c3nc(-c4ccc(-c5cccc6ccccc56)cc4)no3)cc2)c2ccc(-n3c4ccccc4c4ccccc43)cc2)cc1. The van der Waals surface area contributed by atoms with Crippen molar-refractivity contribution < 1.29 is 9.05 Å². The highest BCUT2D eigenvalue weighted by Gasteiger charge is 2.21. The van der Waals surface area contributed by atoms with Gasteiger partial charge in [-0.15, -0.1) is 0 Å². The first-order valence-corrected chi connectivity index (χ1v) is 34.1. The Hall–Kier alpha value is -14.0. The molecule has 19 aromatic rings. The molecular formula is C92H62N8O2. The number of fused-ring (bicyclic) bond motifs is 7. The van der Waals surface area contributed by atoms with Gasteiger partial charge in [0.2, 0.25) is 11.6 Å². The van der Waals surface area contributed by atoms with Gasteiger partial charge in [-0.25, -0.2) is 0 Å². The Bertz CT molecular complexity index is 6060. The first kappa shape index (κ1) is 60.5. The summed E-state index contributed by atoms with van der Waals surface area (Å²) in [7, 11) is 0. The van der Waals surface area contributed by atoms with Gasteiger partial charge in [-0.1, -0.05) is 241 Å². The first-order chi connectivity index (χ1) is 50.6. The largest absolute Gasteiger partial charge is 0.334 e. The molecule has 102 heavy (non-hydrogen) atoms. The second-order valence-electron chi connectivity index (χ2n) is 25.1. The summed E-state index contributed by atoms with van der Waals surface area (Å²) in [5.74, 6) is 2.08. The van der Waals surface area contributed by atoms with Crippen LogP contribution in [0, 0.1) is 0 Å². The molecule has 0 spiro atoms. The molecule has 4 aromatic heterocycles. The van der Waals surface area contributed by atoms with Gasteiger partial charge < -0.3 is 28.0 Å². The Balaban J connectivity index is 0.000000147. The molecule has 0 aliphatic heterocycles. The molecule has 0 bridgehead atoms. The molecule has 0 saturated carbocycles. The van der Waals surface area contributed by atoms with E-state index < -0.39 is 0 Å². The molecule has 10 nitrogen and oxygen atoms in total. The third-order valence-corrected chi connectivity index (χ3v) is 19.0. The van der Waals surface area contributed by atoms with Crippen LogP contribution < -0.4 is 9.80 Å². The Labute approximate surface area is 588 Å². The van der Waals surface area contributed by atoms with Gasteiger partial charge in [0.1, 0.15) is 0 Å². The van der Waals surface area contributed by atoms with Gasteiger partial charge in [0, 0.05) is 89.3 Å². The van der Waals surface area contributed by atoms with Gasteiger partial charge in [-0.2, -0.15) is 9.97 Å². The summed E-state index contributed by atoms with van der Waals surface area (Å²) < 4.78 is 16.3. The van der Waals surface area contributed by atoms with Gasteiger partial charge in [0.15, 0.2) is 0 Å². The third-order valence-electron chi connectivity index (χ3n) is 19.0. The third kappa shape index (κ3) is 11.4. The predicted molar refractivity (Wildman–Crippen MR) is 417 cm³/mol. The number of anilines is 6. The number of rotatable bonds is 14. The van der Waals surface area contributed by atoms with E-state index >= 15 is 0 Å². The van der Waals surface area contributed by atoms with Crippen LogP contribution in [-0.4, -0.2) is 29.4 Å². The van der Waals surface area contributed by atoms with Crippen LogP contribution in [0.3, 0.4) is 0 Å². The fourth-order valence-electron chi connectivity index (χ4n) is 14.2. The average molecular weight is 1310 g/mol. The second kappa shape index (κ2) is 26.5. The minimum absolute atomic E-state index is 0.478. The smallest absolute Gasteiger partial charge is 0.258 e. The van der Waals surface area contributed by atoms with Crippen molar-refractivity contribution in [2.45, 2.75) is 0 Å². The Morgan fingerprint density at radius 1 is 0.216 bits per heavy atom. The Kier molecular flexibility index (Phi) is 15.7. The van der Waals surface area contributed by atoms with Crippen LogP contribution in [0.1, 0.15) is 0 Å². The topological polar surface area (TPSA) is 94.2 Å². The lowest BCUT2D eigenvalue weighted by molar-refractivity contribution is 0.432. The van der Waals surface area contributed by atoms with Crippen molar-refractivity contribution in [2.75, 3.05) is 9.80 Å². The lowest BCUT2D eigenvalue weighted by atomic mass is 9.97. The summed E-state index contributed by atoms with van der Waals surface area (Å²) in [4.78, 5) is 14.1. The molecule has 0 atom stereocenters. The maximum absolute atomic E-state index is 5.80. The molecule has 0 N–H and O–H groups in total. The van der Waals surface area contributed by atoms with Crippen LogP contribution in [0.2, 0.25) is 0 Å². The molecule has 0 aliphatic carbocycles. The molecule has 15 aromatic carbocycles. The van der Waals surface area contributed by atoms with Crippen molar-refractivity contribution in [3.63, 3.8) is 0 Å². The van der Waals surface area contributed by atoms with Gasteiger partial charge in [0.05, 0.1) is 22.1 Å². The van der Waals surface area contributed by atoms with Crippen molar-refractivity contribution >= 4 is 88.5 Å². The lowest BCUT2D eigenvalue weighted by Gasteiger charge is -2.26. The zero-order valence-electron chi connectivity index (χ0n) is 55.2. The van der Waals surface area contributed by atoms with Crippen LogP contribution in [0.25, 0.3) is 134 Å². The second-order valence-corrected chi connectivity index (χ2v) is 25.1. The highest BCUT2D eigenvalue weighted by atomic mass is 16.5. The van der Waals surface area contributed by atoms with E-state index in [2.05, 4.69) is 333 Å². The van der Waals surface area contributed by atoms with Crippen LogP contribution in [0.4, 0.5) is 34.1 Å². The van der Waals surface area contributed by atoms with Gasteiger partial charge in [-0.3, -0.25) is 0 Å². The van der Waals surface area contributed by atoms with Crippen molar-refractivity contribution in [2.24, 2.45) is 0 Å². The monoisotopic (exact) mass is 1310 g/mol. The maximum atomic E-state index is 5.80. The van der Waals surface area contributed by atoms with Crippen molar-refractivity contribution in [1.29, 1.82) is 0 Å².